The van der Waals surface area contributed by atoms with E-state index in [-0.39, 0.29) is 11.5 Å². The van der Waals surface area contributed by atoms with E-state index >= 15 is 0 Å². The van der Waals surface area contributed by atoms with Crippen molar-refractivity contribution >= 4 is 29.2 Å². The summed E-state index contributed by atoms with van der Waals surface area (Å²) < 4.78 is 0.325. The molecule has 0 aliphatic rings. The maximum Gasteiger partial charge on any atom is 0.200 e. The first-order chi connectivity index (χ1) is 10.0. The van der Waals surface area contributed by atoms with Gasteiger partial charge < -0.3 is 25.5 Å². The Balaban J connectivity index is 1.93. The first-order valence-corrected chi connectivity index (χ1v) is 6.65. The molecule has 0 radical (unpaired) electrons. The zero-order valence-electron chi connectivity index (χ0n) is 11.1. The number of H-pyrrole nitrogens is 2. The Morgan fingerprint density at radius 2 is 2.05 bits per heavy atom. The zero-order chi connectivity index (χ0) is 15.0. The average Bonchev–Trinajstić information content (AvgIpc) is 2.77. The molecule has 3 aromatic rings. The largest absolute Gasteiger partial charge is 0.508 e. The van der Waals surface area contributed by atoms with Crippen LogP contribution in [0.3, 0.4) is 0 Å². The molecule has 0 saturated carbocycles. The van der Waals surface area contributed by atoms with Crippen molar-refractivity contribution in [2.24, 2.45) is 0 Å². The molecule has 0 spiro atoms. The summed E-state index contributed by atoms with van der Waals surface area (Å²) in [5, 5.41) is 22.2. The van der Waals surface area contributed by atoms with E-state index in [1.807, 2.05) is 6.92 Å². The number of rotatable bonds is 3. The number of anilines is 1. The normalized spacial score (nSPS) is 10.9. The highest BCUT2D eigenvalue weighted by molar-refractivity contribution is 7.71. The van der Waals surface area contributed by atoms with Gasteiger partial charge in [-0.15, -0.1) is 0 Å². The fourth-order valence-corrected chi connectivity index (χ4v) is 2.24. The molecule has 0 fully saturated rings. The van der Waals surface area contributed by atoms with Crippen LogP contribution in [0.1, 0.15) is 11.4 Å². The fraction of sp³-hybridized carbons (Fsp3) is 0.154. The van der Waals surface area contributed by atoms with Gasteiger partial charge >= 0.3 is 0 Å². The number of benzene rings is 1. The van der Waals surface area contributed by atoms with Crippen molar-refractivity contribution in [2.45, 2.75) is 13.5 Å². The molecule has 3 rings (SSSR count). The molecule has 108 valence electrons. The molecule has 0 aliphatic carbocycles. The van der Waals surface area contributed by atoms with Crippen LogP contribution in [0.5, 0.6) is 11.5 Å². The molecule has 0 bridgehead atoms. The van der Waals surface area contributed by atoms with Crippen LogP contribution in [0, 0.1) is 11.7 Å². The molecule has 1 aromatic carbocycles. The Morgan fingerprint density at radius 3 is 2.81 bits per heavy atom. The number of aryl methyl sites for hydroxylation is 1. The van der Waals surface area contributed by atoms with Gasteiger partial charge in [0.25, 0.3) is 0 Å². The number of fused-ring (bicyclic) bond motifs is 1. The van der Waals surface area contributed by atoms with Crippen molar-refractivity contribution in [1.29, 1.82) is 0 Å². The van der Waals surface area contributed by atoms with Gasteiger partial charge in [0, 0.05) is 18.2 Å². The predicted octanol–water partition coefficient (Wildman–Crippen LogP) is 2.35. The van der Waals surface area contributed by atoms with Crippen molar-refractivity contribution in [2.75, 3.05) is 5.32 Å². The van der Waals surface area contributed by atoms with Crippen LogP contribution in [-0.2, 0) is 6.54 Å². The van der Waals surface area contributed by atoms with Crippen molar-refractivity contribution in [1.82, 2.24) is 19.9 Å². The molecule has 0 saturated heterocycles. The highest BCUT2D eigenvalue weighted by Gasteiger charge is 2.09. The number of phenolic OH excluding ortho intramolecular Hbond substituents is 2. The third kappa shape index (κ3) is 2.65. The second-order valence-corrected chi connectivity index (χ2v) is 4.99. The average molecular weight is 303 g/mol. The second-order valence-electron chi connectivity index (χ2n) is 4.60. The third-order valence-corrected chi connectivity index (χ3v) is 3.21. The molecule has 21 heavy (non-hydrogen) atoms. The van der Waals surface area contributed by atoms with Gasteiger partial charge in [-0.3, -0.25) is 0 Å². The number of imidazole rings is 1. The summed E-state index contributed by atoms with van der Waals surface area (Å²) in [4.78, 5) is 14.5. The van der Waals surface area contributed by atoms with Crippen LogP contribution in [0.25, 0.3) is 11.2 Å². The monoisotopic (exact) mass is 303 g/mol. The van der Waals surface area contributed by atoms with Crippen molar-refractivity contribution in [3.8, 4) is 11.5 Å². The number of aromatic hydroxyl groups is 2. The maximum atomic E-state index is 9.77. The Kier molecular flexibility index (Phi) is 3.22. The Bertz CT molecular complexity index is 871. The molecule has 7 nitrogen and oxygen atoms in total. The molecule has 0 aliphatic heterocycles. The van der Waals surface area contributed by atoms with Crippen LogP contribution in [0.4, 0.5) is 5.82 Å². The summed E-state index contributed by atoms with van der Waals surface area (Å²) in [6.45, 7) is 2.18. The van der Waals surface area contributed by atoms with Gasteiger partial charge in [-0.25, -0.2) is 9.97 Å². The van der Waals surface area contributed by atoms with Gasteiger partial charge in [-0.05, 0) is 31.3 Å². The van der Waals surface area contributed by atoms with Gasteiger partial charge in [0.05, 0.1) is 0 Å². The SMILES string of the molecule is Cc1nc2[nH]c(=S)nc(NCc3ccc(O)cc3O)c2[nH]1. The molecule has 0 unspecified atom stereocenters. The molecule has 2 heterocycles. The van der Waals surface area contributed by atoms with Gasteiger partial charge in [-0.1, -0.05) is 0 Å². The lowest BCUT2D eigenvalue weighted by atomic mass is 10.2. The van der Waals surface area contributed by atoms with Gasteiger partial charge in [0.15, 0.2) is 11.5 Å². The third-order valence-electron chi connectivity index (χ3n) is 3.01. The van der Waals surface area contributed by atoms with E-state index in [2.05, 4.69) is 25.3 Å². The highest BCUT2D eigenvalue weighted by Crippen LogP contribution is 2.24. The molecule has 5 N–H and O–H groups in total. The van der Waals surface area contributed by atoms with Crippen molar-refractivity contribution in [3.63, 3.8) is 0 Å². The minimum atomic E-state index is 0.0145. The number of nitrogens with zero attached hydrogens (tertiary/aromatic N) is 2. The van der Waals surface area contributed by atoms with E-state index in [1.165, 1.54) is 12.1 Å². The molecule has 0 atom stereocenters. The van der Waals surface area contributed by atoms with Crippen LogP contribution < -0.4 is 5.32 Å². The summed E-state index contributed by atoms with van der Waals surface area (Å²) in [7, 11) is 0. The number of nitrogens with one attached hydrogen (secondary N) is 3. The summed E-state index contributed by atoms with van der Waals surface area (Å²) in [5.41, 5.74) is 1.99. The van der Waals surface area contributed by atoms with E-state index in [0.717, 1.165) is 11.3 Å². The smallest absolute Gasteiger partial charge is 0.200 e. The quantitative estimate of drug-likeness (QED) is 0.475. The van der Waals surface area contributed by atoms with E-state index in [4.69, 9.17) is 12.2 Å². The second kappa shape index (κ2) is 5.06. The Morgan fingerprint density at radius 1 is 1.24 bits per heavy atom. The van der Waals surface area contributed by atoms with Gasteiger partial charge in [0.2, 0.25) is 4.77 Å². The lowest BCUT2D eigenvalue weighted by molar-refractivity contribution is 0.446. The molecular formula is C13H13N5O2S. The van der Waals surface area contributed by atoms with Gasteiger partial charge in [-0.2, -0.15) is 0 Å². The standard InChI is InChI=1S/C13H13N5O2S/c1-6-15-10-11(17-13(21)18-12(10)16-6)14-5-7-2-3-8(19)4-9(7)20/h2-4,19-20H,5H2,1H3,(H3,14,15,16,17,18,21). The predicted molar refractivity (Wildman–Crippen MR) is 80.9 cm³/mol. The zero-order valence-corrected chi connectivity index (χ0v) is 12.0. The van der Waals surface area contributed by atoms with Gasteiger partial charge in [0.1, 0.15) is 22.8 Å². The van der Waals surface area contributed by atoms with Crippen LogP contribution in [-0.4, -0.2) is 30.1 Å². The van der Waals surface area contributed by atoms with Crippen LogP contribution >= 0.6 is 12.2 Å². The summed E-state index contributed by atoms with van der Waals surface area (Å²) in [6.07, 6.45) is 0. The molecule has 8 heteroatoms. The number of hydrogen-bond acceptors (Lipinski definition) is 6. The summed E-state index contributed by atoms with van der Waals surface area (Å²) >= 11 is 5.07. The number of phenols is 2. The van der Waals surface area contributed by atoms with Crippen LogP contribution in [0.15, 0.2) is 18.2 Å². The first kappa shape index (κ1) is 13.4. The minimum Gasteiger partial charge on any atom is -0.508 e. The maximum absolute atomic E-state index is 9.77. The summed E-state index contributed by atoms with van der Waals surface area (Å²) in [6, 6.07) is 4.44. The van der Waals surface area contributed by atoms with E-state index in [0.29, 0.717) is 28.3 Å². The Hall–Kier alpha value is -2.61. The van der Waals surface area contributed by atoms with Crippen LogP contribution in [0.2, 0.25) is 0 Å². The number of aromatic amines is 2. The van der Waals surface area contributed by atoms with E-state index in [1.54, 1.807) is 6.07 Å². The first-order valence-electron chi connectivity index (χ1n) is 6.24. The van der Waals surface area contributed by atoms with E-state index in [9.17, 15) is 10.2 Å². The molecular weight excluding hydrogens is 290 g/mol. The molecule has 0 amide bonds. The lowest BCUT2D eigenvalue weighted by Gasteiger charge is -2.08. The number of hydrogen-bond donors (Lipinski definition) is 5. The van der Waals surface area contributed by atoms with Crippen molar-refractivity contribution < 1.29 is 10.2 Å². The minimum absolute atomic E-state index is 0.0145. The molecule has 2 aromatic heterocycles. The van der Waals surface area contributed by atoms with E-state index < -0.39 is 0 Å². The fourth-order valence-electron chi connectivity index (χ4n) is 2.05. The van der Waals surface area contributed by atoms with Crippen molar-refractivity contribution in [3.05, 3.63) is 34.4 Å². The number of aromatic nitrogens is 4. The lowest BCUT2D eigenvalue weighted by Crippen LogP contribution is -2.03. The summed E-state index contributed by atoms with van der Waals surface area (Å²) in [5.74, 6) is 1.34. The Labute approximate surface area is 124 Å². The highest BCUT2D eigenvalue weighted by atomic mass is 32.1. The topological polar surface area (TPSA) is 110 Å².